The molecule has 0 saturated heterocycles. The Morgan fingerprint density at radius 2 is 1.25 bits per heavy atom. The van der Waals surface area contributed by atoms with Gasteiger partial charge in [0.1, 0.15) is 0 Å². The van der Waals surface area contributed by atoms with Crippen LogP contribution in [0.4, 0.5) is 0 Å². The second-order valence-corrected chi connectivity index (χ2v) is 0. The van der Waals surface area contributed by atoms with Crippen LogP contribution in [0.25, 0.3) is 0 Å². The quantitative estimate of drug-likeness (QED) is 0.505. The molecule has 0 aromatic carbocycles. The summed E-state index contributed by atoms with van der Waals surface area (Å²) in [6.07, 6.45) is 0. The fourth-order valence-electron chi connectivity index (χ4n) is 0. The van der Waals surface area contributed by atoms with E-state index in [1.807, 2.05) is 0 Å². The summed E-state index contributed by atoms with van der Waals surface area (Å²) in [5.74, 6) is 0. The summed E-state index contributed by atoms with van der Waals surface area (Å²) < 4.78 is 8.34. The second-order valence-electron chi connectivity index (χ2n) is 0. The Kier molecular flexibility index (Phi) is 96.9. The molecular weight excluding hydrogens is 278 g/mol. The molecule has 0 aliphatic carbocycles. The largest absolute Gasteiger partial charge is 0 e. The van der Waals surface area contributed by atoms with Crippen LogP contribution < -0.4 is 0 Å². The molecule has 0 aromatic rings. The molecule has 0 aliphatic rings. The second kappa shape index (κ2) is 22.4. The van der Waals surface area contributed by atoms with Gasteiger partial charge >= 0.3 is 25.6 Å². The van der Waals surface area contributed by atoms with Gasteiger partial charge in [-0.25, -0.2) is 0 Å². The normalized spacial score (nSPS) is 1.00. The zero-order valence-corrected chi connectivity index (χ0v) is 9.14. The van der Waals surface area contributed by atoms with Gasteiger partial charge in [0.2, 0.25) is 0 Å². The molecule has 4 heteroatoms. The number of hydrogen-bond acceptors (Lipinski definition) is 1. The van der Waals surface area contributed by atoms with Crippen LogP contribution in [-0.2, 0) is 3.08 Å². The van der Waals surface area contributed by atoms with Gasteiger partial charge in [-0.3, -0.25) is 0 Å². The van der Waals surface area contributed by atoms with E-state index >= 15 is 0 Å². The predicted molar refractivity (Wildman–Crippen MR) is 17.9 cm³/mol. The first-order chi connectivity index (χ1) is 1.00. The molecule has 0 spiro atoms. The summed E-state index contributed by atoms with van der Waals surface area (Å²) in [4.78, 5) is 0. The fraction of sp³-hybridized carbons (Fsp3) is 0. The van der Waals surface area contributed by atoms with Gasteiger partial charge in [-0.15, -0.1) is 0 Å². The van der Waals surface area contributed by atoms with Crippen molar-refractivity contribution in [2.45, 2.75) is 0 Å². The standard InChI is InChI=1S/In.O.Si.Sn. The van der Waals surface area contributed by atoms with Crippen molar-refractivity contribution in [1.29, 1.82) is 0 Å². The SMILES string of the molecule is [In].[O]=[Sn].[Si]. The molecule has 0 rings (SSSR count). The molecule has 0 aliphatic heterocycles. The van der Waals surface area contributed by atoms with Crippen LogP contribution in [0.3, 0.4) is 0 Å². The van der Waals surface area contributed by atoms with Crippen molar-refractivity contribution in [3.8, 4) is 0 Å². The van der Waals surface area contributed by atoms with Crippen LogP contribution >= 0.6 is 0 Å². The van der Waals surface area contributed by atoms with E-state index in [0.29, 0.717) is 22.5 Å². The Bertz CT molecular complexity index is 8.00. The summed E-state index contributed by atoms with van der Waals surface area (Å²) in [5.41, 5.74) is 0. The van der Waals surface area contributed by atoms with Crippen molar-refractivity contribution in [3.05, 3.63) is 0 Å². The minimum absolute atomic E-state index is 0. The fourth-order valence-corrected chi connectivity index (χ4v) is 0. The molecule has 0 fully saturated rings. The van der Waals surface area contributed by atoms with Gasteiger partial charge in [0, 0.05) is 36.8 Å². The van der Waals surface area contributed by atoms with E-state index in [9.17, 15) is 0 Å². The molecule has 0 unspecified atom stereocenters. The van der Waals surface area contributed by atoms with E-state index in [0.717, 1.165) is 0 Å². The first-order valence-corrected chi connectivity index (χ1v) is 1.37. The van der Waals surface area contributed by atoms with Crippen LogP contribution in [-0.4, -0.2) is 59.3 Å². The zero-order valence-electron chi connectivity index (χ0n) is 1.99. The number of hydrogen-bond donors (Lipinski definition) is 0. The van der Waals surface area contributed by atoms with Gasteiger partial charge in [-0.2, -0.15) is 0 Å². The minimum Gasteiger partial charge on any atom is 0 e. The summed E-state index contributed by atoms with van der Waals surface area (Å²) >= 11 is 0.300. The van der Waals surface area contributed by atoms with E-state index < -0.39 is 0 Å². The van der Waals surface area contributed by atoms with Gasteiger partial charge in [0.15, 0.2) is 0 Å². The molecule has 17 valence electrons. The first kappa shape index (κ1) is 17.3. The molecule has 0 heterocycles. The Hall–Kier alpha value is 1.69. The van der Waals surface area contributed by atoms with E-state index in [1.54, 1.807) is 0 Å². The Morgan fingerprint density at radius 3 is 1.25 bits per heavy atom. The minimum atomic E-state index is 0. The summed E-state index contributed by atoms with van der Waals surface area (Å²) in [7, 11) is 0. The third kappa shape index (κ3) is 9.36. The molecule has 0 aromatic heterocycles. The predicted octanol–water partition coefficient (Wildman–Crippen LogP) is -1.26. The Labute approximate surface area is 61.8 Å². The third-order valence-electron chi connectivity index (χ3n) is 0. The third-order valence-corrected chi connectivity index (χ3v) is 0. The number of rotatable bonds is 0. The van der Waals surface area contributed by atoms with Crippen molar-refractivity contribution in [3.63, 3.8) is 0 Å². The smallest absolute Gasteiger partial charge is 0 e. The molecule has 1 nitrogen and oxygen atoms in total. The van der Waals surface area contributed by atoms with E-state index in [2.05, 4.69) is 0 Å². The molecule has 4 heavy (non-hydrogen) atoms. The van der Waals surface area contributed by atoms with Crippen molar-refractivity contribution in [1.82, 2.24) is 0 Å². The maximum absolute atomic E-state index is 8.34. The van der Waals surface area contributed by atoms with Crippen molar-refractivity contribution < 1.29 is 3.08 Å². The Balaban J connectivity index is -0.00000000500. The van der Waals surface area contributed by atoms with Gasteiger partial charge < -0.3 is 0 Å². The molecule has 0 atom stereocenters. The molecule has 0 N–H and O–H groups in total. The molecule has 0 bridgehead atoms. The van der Waals surface area contributed by atoms with Gasteiger partial charge in [-0.05, 0) is 0 Å². The van der Waals surface area contributed by atoms with Crippen molar-refractivity contribution >= 4 is 59.3 Å². The summed E-state index contributed by atoms with van der Waals surface area (Å²) in [6.45, 7) is 0. The van der Waals surface area contributed by atoms with Gasteiger partial charge in [-0.1, -0.05) is 0 Å². The van der Waals surface area contributed by atoms with E-state index in [-0.39, 0.29) is 36.8 Å². The van der Waals surface area contributed by atoms with Crippen LogP contribution in [0.2, 0.25) is 0 Å². The Morgan fingerprint density at radius 1 is 1.25 bits per heavy atom. The zero-order chi connectivity index (χ0) is 2.00. The molecule has 0 amide bonds. The van der Waals surface area contributed by atoms with E-state index in [4.69, 9.17) is 3.08 Å². The molecular formula is InOSiSn. The maximum Gasteiger partial charge on any atom is 0 e. The first-order valence-electron chi connectivity index (χ1n) is 0.204. The summed E-state index contributed by atoms with van der Waals surface area (Å²) in [5, 5.41) is 0. The molecule has 0 saturated carbocycles. The summed E-state index contributed by atoms with van der Waals surface area (Å²) in [6, 6.07) is 0. The van der Waals surface area contributed by atoms with Crippen LogP contribution in [0.5, 0.6) is 0 Å². The maximum atomic E-state index is 8.34. The van der Waals surface area contributed by atoms with Crippen LogP contribution in [0.1, 0.15) is 0 Å². The van der Waals surface area contributed by atoms with Gasteiger partial charge in [0.25, 0.3) is 0 Å². The monoisotopic (exact) mass is 279 g/mol. The van der Waals surface area contributed by atoms with Gasteiger partial charge in [0.05, 0.1) is 0 Å². The van der Waals surface area contributed by atoms with Crippen molar-refractivity contribution in [2.24, 2.45) is 0 Å². The van der Waals surface area contributed by atoms with E-state index in [1.165, 1.54) is 0 Å². The average Bonchev–Trinajstić information content (AvgIpc) is 1.00. The van der Waals surface area contributed by atoms with Crippen LogP contribution in [0.15, 0.2) is 0 Å². The van der Waals surface area contributed by atoms with Crippen molar-refractivity contribution in [2.75, 3.05) is 0 Å². The van der Waals surface area contributed by atoms with Crippen LogP contribution in [0, 0.1) is 0 Å². The molecule has 9 radical (unpaired) electrons. The average molecular weight is 278 g/mol. The topological polar surface area (TPSA) is 17.1 Å².